The molecule has 0 fully saturated rings. The largest absolute Gasteiger partial charge is 0.504 e. The van der Waals surface area contributed by atoms with Gasteiger partial charge >= 0.3 is 5.97 Å². The van der Waals surface area contributed by atoms with Crippen LogP contribution in [0.1, 0.15) is 59.6 Å². The minimum Gasteiger partial charge on any atom is -0.504 e. The van der Waals surface area contributed by atoms with Crippen molar-refractivity contribution in [1.29, 1.82) is 0 Å². The number of hydrogen-bond donors (Lipinski definition) is 2. The number of amides is 1. The molecule has 0 radical (unpaired) electrons. The fraction of sp³-hybridized carbons (Fsp3) is 0.579. The third-order valence-electron chi connectivity index (χ3n) is 4.08. The van der Waals surface area contributed by atoms with Crippen molar-refractivity contribution in [2.75, 3.05) is 5.75 Å². The van der Waals surface area contributed by atoms with Crippen LogP contribution in [0, 0.1) is 0 Å². The number of rotatable bonds is 1. The Morgan fingerprint density at radius 3 is 2.24 bits per heavy atom. The van der Waals surface area contributed by atoms with Gasteiger partial charge in [0, 0.05) is 18.2 Å². The molecule has 0 spiro atoms. The highest BCUT2D eigenvalue weighted by Gasteiger charge is 2.35. The summed E-state index contributed by atoms with van der Waals surface area (Å²) in [5.41, 5.74) is 1.26. The molecule has 2 N–H and O–H groups in total. The highest BCUT2D eigenvalue weighted by molar-refractivity contribution is 7.99. The van der Waals surface area contributed by atoms with E-state index in [9.17, 15) is 14.7 Å². The van der Waals surface area contributed by atoms with E-state index in [0.29, 0.717) is 5.75 Å². The first kappa shape index (κ1) is 19.6. The number of carbonyl (C=O) groups is 2. The Hall–Kier alpha value is -1.69. The van der Waals surface area contributed by atoms with E-state index < -0.39 is 12.0 Å². The van der Waals surface area contributed by atoms with E-state index in [1.807, 2.05) is 26.8 Å². The normalized spacial score (nSPS) is 18.2. The Balaban J connectivity index is 2.65. The van der Waals surface area contributed by atoms with Gasteiger partial charge in [0.25, 0.3) is 0 Å². The lowest BCUT2D eigenvalue weighted by atomic mass is 9.80. The van der Waals surface area contributed by atoms with Gasteiger partial charge in [0.2, 0.25) is 5.91 Å². The van der Waals surface area contributed by atoms with Crippen LogP contribution in [0.25, 0.3) is 0 Å². The molecule has 0 saturated heterocycles. The molecule has 5 nitrogen and oxygen atoms in total. The summed E-state index contributed by atoms with van der Waals surface area (Å²) in [4.78, 5) is 24.5. The molecule has 1 aliphatic rings. The van der Waals surface area contributed by atoms with Crippen LogP contribution in [0.4, 0.5) is 0 Å². The molecule has 1 aromatic carbocycles. The lowest BCUT2D eigenvalue weighted by Crippen LogP contribution is -2.43. The smallest absolute Gasteiger partial charge is 0.335 e. The fourth-order valence-corrected chi connectivity index (χ4v) is 4.09. The topological polar surface area (TPSA) is 75.6 Å². The first-order valence-electron chi connectivity index (χ1n) is 8.35. The molecular weight excluding hydrogens is 338 g/mol. The van der Waals surface area contributed by atoms with Crippen LogP contribution in [0.2, 0.25) is 0 Å². The molecule has 1 aliphatic heterocycles. The highest BCUT2D eigenvalue weighted by Crippen LogP contribution is 2.50. The predicted octanol–water partition coefficient (Wildman–Crippen LogP) is 3.50. The second-order valence-corrected chi connectivity index (χ2v) is 9.49. The average molecular weight is 365 g/mol. The maximum atomic E-state index is 12.4. The fourth-order valence-electron chi connectivity index (χ4n) is 2.75. The molecule has 1 heterocycles. The van der Waals surface area contributed by atoms with Crippen LogP contribution >= 0.6 is 11.8 Å². The van der Waals surface area contributed by atoms with Crippen LogP contribution in [0.15, 0.2) is 11.0 Å². The van der Waals surface area contributed by atoms with Gasteiger partial charge in [0.1, 0.15) is 6.04 Å². The average Bonchev–Trinajstić information content (AvgIpc) is 2.57. The summed E-state index contributed by atoms with van der Waals surface area (Å²) in [6.45, 7) is 13.7. The number of phenols is 1. The van der Waals surface area contributed by atoms with Gasteiger partial charge in [-0.15, -0.1) is 11.8 Å². The van der Waals surface area contributed by atoms with E-state index >= 15 is 0 Å². The molecule has 2 rings (SSSR count). The van der Waals surface area contributed by atoms with E-state index in [0.717, 1.165) is 16.0 Å². The molecule has 1 aromatic rings. The van der Waals surface area contributed by atoms with Crippen molar-refractivity contribution >= 4 is 23.6 Å². The highest BCUT2D eigenvalue weighted by atomic mass is 32.2. The molecule has 138 valence electrons. The summed E-state index contributed by atoms with van der Waals surface area (Å²) < 4.78 is 5.55. The number of hydrogen-bond acceptors (Lipinski definition) is 5. The summed E-state index contributed by atoms with van der Waals surface area (Å²) in [5.74, 6) is -0.269. The molecule has 0 saturated carbocycles. The van der Waals surface area contributed by atoms with Gasteiger partial charge in [-0.2, -0.15) is 0 Å². The van der Waals surface area contributed by atoms with E-state index in [-0.39, 0.29) is 28.2 Å². The van der Waals surface area contributed by atoms with Crippen LogP contribution < -0.4 is 10.1 Å². The maximum absolute atomic E-state index is 12.4. The Kier molecular flexibility index (Phi) is 5.15. The van der Waals surface area contributed by atoms with E-state index in [1.165, 1.54) is 18.7 Å². The standard InChI is InChI=1S/C19H27NO4S/c1-10(21)20-13-9-25-16-12(19(5,6)7)8-11(18(2,3)4)14(22)15(16)24-17(13)23/h8,13,22H,9H2,1-7H3,(H,20,21). The van der Waals surface area contributed by atoms with Crippen LogP contribution in [-0.4, -0.2) is 28.8 Å². The Bertz CT molecular complexity index is 714. The molecular formula is C19H27NO4S. The molecule has 6 heteroatoms. The number of nitrogens with one attached hydrogen (secondary N) is 1. The summed E-state index contributed by atoms with van der Waals surface area (Å²) in [7, 11) is 0. The minimum atomic E-state index is -0.736. The van der Waals surface area contributed by atoms with E-state index in [2.05, 4.69) is 26.1 Å². The van der Waals surface area contributed by atoms with Crippen molar-refractivity contribution in [2.45, 2.75) is 70.2 Å². The SMILES string of the molecule is CC(=O)NC1CSc2c(C(C)(C)C)cc(C(C)(C)C)c(O)c2OC1=O. The monoisotopic (exact) mass is 365 g/mol. The number of ether oxygens (including phenoxy) is 1. The number of carbonyl (C=O) groups excluding carboxylic acids is 2. The molecule has 1 atom stereocenters. The number of benzene rings is 1. The number of thioether (sulfide) groups is 1. The zero-order valence-electron chi connectivity index (χ0n) is 15.9. The zero-order valence-corrected chi connectivity index (χ0v) is 16.8. The summed E-state index contributed by atoms with van der Waals surface area (Å²) in [6, 6.07) is 1.27. The van der Waals surface area contributed by atoms with E-state index in [1.54, 1.807) is 0 Å². The van der Waals surface area contributed by atoms with Crippen LogP contribution in [0.5, 0.6) is 11.5 Å². The van der Waals surface area contributed by atoms with Crippen molar-refractivity contribution < 1.29 is 19.4 Å². The molecule has 0 bridgehead atoms. The third-order valence-corrected chi connectivity index (χ3v) is 5.28. The second-order valence-electron chi connectivity index (χ2n) is 8.46. The van der Waals surface area contributed by atoms with Gasteiger partial charge in [-0.1, -0.05) is 41.5 Å². The van der Waals surface area contributed by atoms with Crippen LogP contribution in [0.3, 0.4) is 0 Å². The van der Waals surface area contributed by atoms with Gasteiger partial charge in [0.15, 0.2) is 11.5 Å². The molecule has 0 aromatic heterocycles. The third kappa shape index (κ3) is 4.11. The quantitative estimate of drug-likeness (QED) is 0.588. The first-order valence-corrected chi connectivity index (χ1v) is 9.33. The van der Waals surface area contributed by atoms with Gasteiger partial charge < -0.3 is 15.2 Å². The van der Waals surface area contributed by atoms with Gasteiger partial charge in [-0.25, -0.2) is 4.79 Å². The van der Waals surface area contributed by atoms with Crippen molar-refractivity contribution in [3.05, 3.63) is 17.2 Å². The van der Waals surface area contributed by atoms with Crippen molar-refractivity contribution in [1.82, 2.24) is 5.32 Å². The molecule has 1 unspecified atom stereocenters. The summed E-state index contributed by atoms with van der Waals surface area (Å²) in [6.07, 6.45) is 0. The van der Waals surface area contributed by atoms with Gasteiger partial charge in [-0.3, -0.25) is 4.79 Å². The number of fused-ring (bicyclic) bond motifs is 1. The first-order chi connectivity index (χ1) is 11.3. The summed E-state index contributed by atoms with van der Waals surface area (Å²) >= 11 is 1.43. The van der Waals surface area contributed by atoms with Gasteiger partial charge in [-0.05, 0) is 22.5 Å². The lowest BCUT2D eigenvalue weighted by molar-refractivity contribution is -0.138. The summed E-state index contributed by atoms with van der Waals surface area (Å²) in [5, 5.41) is 13.4. The van der Waals surface area contributed by atoms with Crippen molar-refractivity contribution in [3.8, 4) is 11.5 Å². The zero-order chi connectivity index (χ0) is 19.2. The van der Waals surface area contributed by atoms with Gasteiger partial charge in [0.05, 0.1) is 4.90 Å². The van der Waals surface area contributed by atoms with E-state index in [4.69, 9.17) is 4.74 Å². The Morgan fingerprint density at radius 2 is 1.76 bits per heavy atom. The lowest BCUT2D eigenvalue weighted by Gasteiger charge is -2.29. The molecule has 0 aliphatic carbocycles. The maximum Gasteiger partial charge on any atom is 0.335 e. The molecule has 25 heavy (non-hydrogen) atoms. The van der Waals surface area contributed by atoms with Crippen LogP contribution in [-0.2, 0) is 20.4 Å². The minimum absolute atomic E-state index is 0.000162. The second kappa shape index (κ2) is 6.56. The Labute approximate surface area is 153 Å². The number of phenolic OH excluding ortho intramolecular Hbond substituents is 1. The number of esters is 1. The predicted molar refractivity (Wildman–Crippen MR) is 99.5 cm³/mol. The molecule has 1 amide bonds. The number of aromatic hydroxyl groups is 1. The Morgan fingerprint density at radius 1 is 1.20 bits per heavy atom. The van der Waals surface area contributed by atoms with Crippen molar-refractivity contribution in [2.24, 2.45) is 0 Å². The van der Waals surface area contributed by atoms with Crippen molar-refractivity contribution in [3.63, 3.8) is 0 Å².